The van der Waals surface area contributed by atoms with Crippen LogP contribution in [0.5, 0.6) is 0 Å². The number of hydrogen-bond acceptors (Lipinski definition) is 4. The van der Waals surface area contributed by atoms with Crippen molar-refractivity contribution in [2.24, 2.45) is 11.8 Å². The lowest BCUT2D eigenvalue weighted by molar-refractivity contribution is -0.143. The largest absolute Gasteiger partial charge is 0.462 e. The zero-order chi connectivity index (χ0) is 14.3. The highest BCUT2D eigenvalue weighted by Crippen LogP contribution is 2.09. The van der Waals surface area contributed by atoms with E-state index >= 15 is 0 Å². The van der Waals surface area contributed by atoms with Gasteiger partial charge in [0.1, 0.15) is 0 Å². The Bertz CT molecular complexity index is 295. The van der Waals surface area contributed by atoms with Crippen molar-refractivity contribution >= 4 is 11.9 Å². The number of rotatable bonds is 6. The van der Waals surface area contributed by atoms with Gasteiger partial charge in [0.2, 0.25) is 0 Å². The van der Waals surface area contributed by atoms with Gasteiger partial charge in [-0.05, 0) is 25.7 Å². The molecule has 0 aliphatic rings. The van der Waals surface area contributed by atoms with Crippen LogP contribution in [0.15, 0.2) is 11.1 Å². The van der Waals surface area contributed by atoms with Gasteiger partial charge in [0.25, 0.3) is 0 Å². The van der Waals surface area contributed by atoms with E-state index in [1.165, 1.54) is 0 Å². The maximum absolute atomic E-state index is 11.6. The number of hydrogen-bond donors (Lipinski definition) is 0. The molecule has 104 valence electrons. The SMILES string of the molecule is CC(C(=O)OCC(C)C)=C(C)C(=O)OCC(C)C. The van der Waals surface area contributed by atoms with Crippen molar-refractivity contribution in [1.82, 2.24) is 0 Å². The monoisotopic (exact) mass is 256 g/mol. The van der Waals surface area contributed by atoms with Gasteiger partial charge in [-0.25, -0.2) is 9.59 Å². The Labute approximate surface area is 109 Å². The maximum Gasteiger partial charge on any atom is 0.334 e. The van der Waals surface area contributed by atoms with E-state index in [2.05, 4.69) is 0 Å². The molecule has 0 unspecified atom stereocenters. The molecule has 0 saturated carbocycles. The van der Waals surface area contributed by atoms with Crippen LogP contribution in [-0.2, 0) is 19.1 Å². The Morgan fingerprint density at radius 1 is 0.778 bits per heavy atom. The summed E-state index contributed by atoms with van der Waals surface area (Å²) in [5.74, 6) is -0.365. The molecule has 0 saturated heterocycles. The van der Waals surface area contributed by atoms with Crippen LogP contribution in [0.4, 0.5) is 0 Å². The molecule has 0 fully saturated rings. The summed E-state index contributed by atoms with van der Waals surface area (Å²) in [6.45, 7) is 11.7. The second-order valence-corrected chi connectivity index (χ2v) is 5.23. The Morgan fingerprint density at radius 2 is 1.06 bits per heavy atom. The highest BCUT2D eigenvalue weighted by molar-refractivity contribution is 5.99. The fraction of sp³-hybridized carbons (Fsp3) is 0.714. The number of carbonyl (C=O) groups is 2. The molecule has 0 bridgehead atoms. The molecular weight excluding hydrogens is 232 g/mol. The topological polar surface area (TPSA) is 52.6 Å². The zero-order valence-electron chi connectivity index (χ0n) is 12.2. The van der Waals surface area contributed by atoms with E-state index in [1.54, 1.807) is 13.8 Å². The van der Waals surface area contributed by atoms with Crippen molar-refractivity contribution in [1.29, 1.82) is 0 Å². The molecule has 0 spiro atoms. The van der Waals surface area contributed by atoms with Crippen LogP contribution >= 0.6 is 0 Å². The lowest BCUT2D eigenvalue weighted by Crippen LogP contribution is -2.17. The second-order valence-electron chi connectivity index (χ2n) is 5.23. The van der Waals surface area contributed by atoms with Crippen molar-refractivity contribution in [3.63, 3.8) is 0 Å². The van der Waals surface area contributed by atoms with Gasteiger partial charge in [-0.15, -0.1) is 0 Å². The fourth-order valence-corrected chi connectivity index (χ4v) is 1.01. The Hall–Kier alpha value is -1.32. The molecule has 0 aliphatic heterocycles. The summed E-state index contributed by atoms with van der Waals surface area (Å²) in [6.07, 6.45) is 0. The quantitative estimate of drug-likeness (QED) is 0.541. The first-order valence-corrected chi connectivity index (χ1v) is 6.27. The summed E-state index contributed by atoms with van der Waals surface area (Å²) in [7, 11) is 0. The molecule has 0 amide bonds. The van der Waals surface area contributed by atoms with Crippen LogP contribution in [0.25, 0.3) is 0 Å². The standard InChI is InChI=1S/C14H24O4/c1-9(2)7-17-13(15)11(5)12(6)14(16)18-8-10(3)4/h9-10H,7-8H2,1-6H3. The summed E-state index contributed by atoms with van der Waals surface area (Å²) in [5, 5.41) is 0. The molecule has 0 heterocycles. The van der Waals surface area contributed by atoms with Crippen LogP contribution in [0.2, 0.25) is 0 Å². The first-order valence-electron chi connectivity index (χ1n) is 6.27. The minimum absolute atomic E-state index is 0.273. The van der Waals surface area contributed by atoms with E-state index < -0.39 is 11.9 Å². The van der Waals surface area contributed by atoms with Crippen LogP contribution in [0.1, 0.15) is 41.5 Å². The average molecular weight is 256 g/mol. The van der Waals surface area contributed by atoms with Gasteiger partial charge in [-0.3, -0.25) is 0 Å². The molecule has 0 aromatic rings. The van der Waals surface area contributed by atoms with Gasteiger partial charge in [0.15, 0.2) is 0 Å². The van der Waals surface area contributed by atoms with E-state index in [0.717, 1.165) is 0 Å². The van der Waals surface area contributed by atoms with Crippen LogP contribution in [-0.4, -0.2) is 25.2 Å². The van der Waals surface area contributed by atoms with Gasteiger partial charge < -0.3 is 9.47 Å². The fourth-order valence-electron chi connectivity index (χ4n) is 1.01. The molecule has 0 atom stereocenters. The molecule has 0 N–H and O–H groups in total. The average Bonchev–Trinajstić information content (AvgIpc) is 2.30. The Balaban J connectivity index is 4.49. The summed E-state index contributed by atoms with van der Waals surface area (Å²) < 4.78 is 10.1. The van der Waals surface area contributed by atoms with Crippen LogP contribution in [0, 0.1) is 11.8 Å². The predicted molar refractivity (Wildman–Crippen MR) is 70.0 cm³/mol. The third-order valence-electron chi connectivity index (χ3n) is 2.27. The van der Waals surface area contributed by atoms with Crippen molar-refractivity contribution in [3.05, 3.63) is 11.1 Å². The maximum atomic E-state index is 11.6. The van der Waals surface area contributed by atoms with Crippen LogP contribution in [0.3, 0.4) is 0 Å². The molecule has 4 heteroatoms. The number of esters is 2. The summed E-state index contributed by atoms with van der Waals surface area (Å²) in [5.41, 5.74) is 0.619. The number of carbonyl (C=O) groups excluding carboxylic acids is 2. The zero-order valence-corrected chi connectivity index (χ0v) is 12.2. The molecule has 0 aromatic carbocycles. The van der Waals surface area contributed by atoms with E-state index in [-0.39, 0.29) is 11.8 Å². The number of ether oxygens (including phenoxy) is 2. The van der Waals surface area contributed by atoms with Gasteiger partial charge in [0, 0.05) is 11.1 Å². The van der Waals surface area contributed by atoms with Crippen molar-refractivity contribution in [2.45, 2.75) is 41.5 Å². The van der Waals surface area contributed by atoms with Crippen molar-refractivity contribution < 1.29 is 19.1 Å². The smallest absolute Gasteiger partial charge is 0.334 e. The normalized spacial score (nSPS) is 12.4. The lowest BCUT2D eigenvalue weighted by Gasteiger charge is -2.11. The van der Waals surface area contributed by atoms with E-state index in [0.29, 0.717) is 24.4 Å². The lowest BCUT2D eigenvalue weighted by atomic mass is 10.1. The first kappa shape index (κ1) is 16.7. The Kier molecular flexibility index (Phi) is 7.32. The third kappa shape index (κ3) is 6.42. The van der Waals surface area contributed by atoms with Crippen molar-refractivity contribution in [2.75, 3.05) is 13.2 Å². The van der Waals surface area contributed by atoms with E-state index in [4.69, 9.17) is 9.47 Å². The summed E-state index contributed by atoms with van der Waals surface area (Å²) >= 11 is 0. The van der Waals surface area contributed by atoms with Gasteiger partial charge in [0.05, 0.1) is 13.2 Å². The molecular formula is C14H24O4. The first-order chi connectivity index (χ1) is 8.25. The minimum atomic E-state index is -0.456. The van der Waals surface area contributed by atoms with Crippen molar-refractivity contribution in [3.8, 4) is 0 Å². The predicted octanol–water partition coefficient (Wildman–Crippen LogP) is 2.72. The molecule has 0 aromatic heterocycles. The highest BCUT2D eigenvalue weighted by Gasteiger charge is 2.16. The van der Waals surface area contributed by atoms with Gasteiger partial charge in [-0.2, -0.15) is 0 Å². The molecule has 4 nitrogen and oxygen atoms in total. The second kappa shape index (κ2) is 7.90. The highest BCUT2D eigenvalue weighted by atomic mass is 16.5. The molecule has 0 radical (unpaired) electrons. The molecule has 0 rings (SSSR count). The van der Waals surface area contributed by atoms with E-state index in [9.17, 15) is 9.59 Å². The van der Waals surface area contributed by atoms with E-state index in [1.807, 2.05) is 27.7 Å². The van der Waals surface area contributed by atoms with Gasteiger partial charge >= 0.3 is 11.9 Å². The Morgan fingerprint density at radius 3 is 1.28 bits per heavy atom. The van der Waals surface area contributed by atoms with Crippen LogP contribution < -0.4 is 0 Å². The minimum Gasteiger partial charge on any atom is -0.462 e. The molecule has 0 aliphatic carbocycles. The summed E-state index contributed by atoms with van der Waals surface area (Å²) in [4.78, 5) is 23.3. The molecule has 18 heavy (non-hydrogen) atoms. The third-order valence-corrected chi connectivity index (χ3v) is 2.27. The van der Waals surface area contributed by atoms with Gasteiger partial charge in [-0.1, -0.05) is 27.7 Å². The summed E-state index contributed by atoms with van der Waals surface area (Å²) in [6, 6.07) is 0.